The molecule has 1 N–H and O–H groups in total. The number of rotatable bonds is 3. The number of aromatic amines is 1. The van der Waals surface area contributed by atoms with Gasteiger partial charge in [0.1, 0.15) is 5.75 Å². The Kier molecular flexibility index (Phi) is 3.80. The maximum atomic E-state index is 6.40. The van der Waals surface area contributed by atoms with Crippen molar-refractivity contribution in [3.05, 3.63) is 48.7 Å². The first-order valence-electron chi connectivity index (χ1n) is 7.99. The highest BCUT2D eigenvalue weighted by molar-refractivity contribution is 6.74. The lowest BCUT2D eigenvalue weighted by atomic mass is 10.2. The molecule has 23 heavy (non-hydrogen) atoms. The molecule has 0 saturated heterocycles. The summed E-state index contributed by atoms with van der Waals surface area (Å²) < 4.78 is 6.40. The summed E-state index contributed by atoms with van der Waals surface area (Å²) in [6, 6.07) is 14.3. The zero-order chi connectivity index (χ0) is 16.7. The van der Waals surface area contributed by atoms with Crippen LogP contribution < -0.4 is 4.43 Å². The lowest BCUT2D eigenvalue weighted by Gasteiger charge is -2.36. The molecule has 0 unspecified atom stereocenters. The molecule has 0 aliphatic rings. The molecule has 1 aromatic carbocycles. The van der Waals surface area contributed by atoms with Gasteiger partial charge in [-0.3, -0.25) is 4.98 Å². The lowest BCUT2D eigenvalue weighted by Crippen LogP contribution is -2.43. The molecule has 0 fully saturated rings. The van der Waals surface area contributed by atoms with Crippen LogP contribution in [0.25, 0.3) is 22.3 Å². The zero-order valence-corrected chi connectivity index (χ0v) is 15.5. The molecule has 120 valence electrons. The fraction of sp³-hybridized carbons (Fsp3) is 0.316. The summed E-state index contributed by atoms with van der Waals surface area (Å²) in [6.45, 7) is 11.3. The Bertz CT molecular complexity index is 816. The van der Waals surface area contributed by atoms with Crippen LogP contribution in [0.5, 0.6) is 5.75 Å². The first-order valence-corrected chi connectivity index (χ1v) is 10.9. The second-order valence-electron chi connectivity index (χ2n) is 7.51. The van der Waals surface area contributed by atoms with Crippen molar-refractivity contribution >= 4 is 19.2 Å². The van der Waals surface area contributed by atoms with Crippen molar-refractivity contribution in [3.63, 3.8) is 0 Å². The van der Waals surface area contributed by atoms with Crippen LogP contribution in [0.4, 0.5) is 0 Å². The molecule has 3 aromatic rings. The van der Waals surface area contributed by atoms with Gasteiger partial charge in [-0.25, -0.2) is 0 Å². The fourth-order valence-corrected chi connectivity index (χ4v) is 3.30. The lowest BCUT2D eigenvalue weighted by molar-refractivity contribution is 0.493. The van der Waals surface area contributed by atoms with E-state index in [1.54, 1.807) is 0 Å². The average Bonchev–Trinajstić information content (AvgIpc) is 2.90. The second kappa shape index (κ2) is 5.53. The number of nitrogens with zero attached hydrogens (tertiary/aromatic N) is 1. The van der Waals surface area contributed by atoms with E-state index in [1.807, 2.05) is 24.4 Å². The summed E-state index contributed by atoms with van der Waals surface area (Å²) in [5.41, 5.74) is 3.09. The molecular formula is C19H24N2OSi. The van der Waals surface area contributed by atoms with Crippen LogP contribution in [-0.2, 0) is 0 Å². The number of H-pyrrole nitrogens is 1. The molecule has 3 nitrogen and oxygen atoms in total. The summed E-state index contributed by atoms with van der Waals surface area (Å²) in [5.74, 6) is 0.954. The third-order valence-electron chi connectivity index (χ3n) is 4.71. The second-order valence-corrected chi connectivity index (χ2v) is 12.2. The summed E-state index contributed by atoms with van der Waals surface area (Å²) in [5, 5.41) is 1.35. The van der Waals surface area contributed by atoms with Crippen LogP contribution in [0.2, 0.25) is 18.1 Å². The monoisotopic (exact) mass is 324 g/mol. The van der Waals surface area contributed by atoms with Gasteiger partial charge in [0, 0.05) is 17.1 Å². The molecule has 0 saturated carbocycles. The van der Waals surface area contributed by atoms with Crippen molar-refractivity contribution in [1.29, 1.82) is 0 Å². The van der Waals surface area contributed by atoms with Gasteiger partial charge in [-0.1, -0.05) is 26.8 Å². The van der Waals surface area contributed by atoms with Crippen LogP contribution in [-0.4, -0.2) is 18.3 Å². The van der Waals surface area contributed by atoms with Crippen LogP contribution in [0, 0.1) is 0 Å². The van der Waals surface area contributed by atoms with E-state index in [4.69, 9.17) is 4.43 Å². The van der Waals surface area contributed by atoms with Gasteiger partial charge >= 0.3 is 0 Å². The number of nitrogens with one attached hydrogen (secondary N) is 1. The highest BCUT2D eigenvalue weighted by atomic mass is 28.4. The quantitative estimate of drug-likeness (QED) is 0.635. The Morgan fingerprint density at radius 3 is 2.48 bits per heavy atom. The van der Waals surface area contributed by atoms with Crippen LogP contribution >= 0.6 is 0 Å². The van der Waals surface area contributed by atoms with Crippen molar-refractivity contribution in [3.8, 4) is 17.1 Å². The van der Waals surface area contributed by atoms with E-state index in [0.717, 1.165) is 28.0 Å². The highest BCUT2D eigenvalue weighted by Crippen LogP contribution is 2.38. The number of aromatic nitrogens is 2. The molecule has 0 radical (unpaired) electrons. The summed E-state index contributed by atoms with van der Waals surface area (Å²) in [7, 11) is -1.81. The third-order valence-corrected chi connectivity index (χ3v) is 9.07. The van der Waals surface area contributed by atoms with E-state index in [2.05, 4.69) is 68.1 Å². The van der Waals surface area contributed by atoms with E-state index in [9.17, 15) is 0 Å². The molecule has 0 atom stereocenters. The molecule has 2 heterocycles. The molecule has 0 spiro atoms. The first kappa shape index (κ1) is 15.8. The van der Waals surface area contributed by atoms with Crippen molar-refractivity contribution in [2.45, 2.75) is 38.9 Å². The zero-order valence-electron chi connectivity index (χ0n) is 14.5. The summed E-state index contributed by atoms with van der Waals surface area (Å²) in [4.78, 5) is 7.83. The molecule has 0 aliphatic heterocycles. The molecule has 0 bridgehead atoms. The highest BCUT2D eigenvalue weighted by Gasteiger charge is 2.38. The van der Waals surface area contributed by atoms with Crippen molar-refractivity contribution in [1.82, 2.24) is 9.97 Å². The SMILES string of the molecule is CC(C)(C)[Si](C)(C)Oc1ccc2[nH]c(-c3ccccn3)cc2c1. The largest absolute Gasteiger partial charge is 0.543 e. The predicted octanol–water partition coefficient (Wildman–Crippen LogP) is 5.61. The molecule has 0 aliphatic carbocycles. The van der Waals surface area contributed by atoms with E-state index < -0.39 is 8.32 Å². The molecule has 0 amide bonds. The third kappa shape index (κ3) is 3.17. The minimum atomic E-state index is -1.81. The molecular weight excluding hydrogens is 300 g/mol. The Labute approximate surface area is 138 Å². The van der Waals surface area contributed by atoms with E-state index in [1.165, 1.54) is 0 Å². The maximum absolute atomic E-state index is 6.40. The predicted molar refractivity (Wildman–Crippen MR) is 99.4 cm³/mol. The van der Waals surface area contributed by atoms with Crippen molar-refractivity contribution in [2.24, 2.45) is 0 Å². The van der Waals surface area contributed by atoms with Gasteiger partial charge in [0.05, 0.1) is 11.4 Å². The van der Waals surface area contributed by atoms with Gasteiger partial charge < -0.3 is 9.41 Å². The number of hydrogen-bond acceptors (Lipinski definition) is 2. The van der Waals surface area contributed by atoms with E-state index in [-0.39, 0.29) is 5.04 Å². The fourth-order valence-electron chi connectivity index (χ4n) is 2.28. The van der Waals surface area contributed by atoms with Crippen molar-refractivity contribution in [2.75, 3.05) is 0 Å². The number of hydrogen-bond donors (Lipinski definition) is 1. The first-order chi connectivity index (χ1) is 10.8. The number of benzene rings is 1. The van der Waals surface area contributed by atoms with E-state index in [0.29, 0.717) is 0 Å². The Morgan fingerprint density at radius 1 is 1.04 bits per heavy atom. The molecule has 4 heteroatoms. The minimum absolute atomic E-state index is 0.194. The van der Waals surface area contributed by atoms with Gasteiger partial charge in [-0.05, 0) is 54.5 Å². The molecule has 3 rings (SSSR count). The van der Waals surface area contributed by atoms with Gasteiger partial charge in [-0.2, -0.15) is 0 Å². The van der Waals surface area contributed by atoms with Gasteiger partial charge in [-0.15, -0.1) is 0 Å². The van der Waals surface area contributed by atoms with Crippen LogP contribution in [0.1, 0.15) is 20.8 Å². The van der Waals surface area contributed by atoms with Gasteiger partial charge in [0.2, 0.25) is 8.32 Å². The summed E-state index contributed by atoms with van der Waals surface area (Å²) >= 11 is 0. The average molecular weight is 325 g/mol. The number of pyridine rings is 1. The van der Waals surface area contributed by atoms with E-state index >= 15 is 0 Å². The topological polar surface area (TPSA) is 37.9 Å². The Balaban J connectivity index is 1.94. The van der Waals surface area contributed by atoms with Crippen LogP contribution in [0.3, 0.4) is 0 Å². The Morgan fingerprint density at radius 2 is 1.83 bits per heavy atom. The smallest absolute Gasteiger partial charge is 0.250 e. The maximum Gasteiger partial charge on any atom is 0.250 e. The number of fused-ring (bicyclic) bond motifs is 1. The molecule has 2 aromatic heterocycles. The Hall–Kier alpha value is -2.07. The minimum Gasteiger partial charge on any atom is -0.543 e. The van der Waals surface area contributed by atoms with Crippen LogP contribution in [0.15, 0.2) is 48.7 Å². The standard InChI is InChI=1S/C19H24N2OSi/c1-19(2,3)23(4,5)22-15-9-10-16-14(12-15)13-18(21-16)17-8-6-7-11-20-17/h6-13,21H,1-5H3. The summed E-state index contributed by atoms with van der Waals surface area (Å²) in [6.07, 6.45) is 1.81. The van der Waals surface area contributed by atoms with Crippen molar-refractivity contribution < 1.29 is 4.43 Å². The normalized spacial score (nSPS) is 12.6. The van der Waals surface area contributed by atoms with Gasteiger partial charge in [0.25, 0.3) is 0 Å². The van der Waals surface area contributed by atoms with Gasteiger partial charge in [0.15, 0.2) is 0 Å².